The van der Waals surface area contributed by atoms with Crippen molar-refractivity contribution in [2.45, 2.75) is 51.2 Å². The number of hydroxylamine groups is 1. The lowest BCUT2D eigenvalue weighted by atomic mass is 9.84. The molecule has 2 N–H and O–H groups in total. The second kappa shape index (κ2) is 6.83. The number of hydrogen-bond acceptors (Lipinski definition) is 8. The van der Waals surface area contributed by atoms with Gasteiger partial charge in [-0.25, -0.2) is 14.6 Å². The summed E-state index contributed by atoms with van der Waals surface area (Å²) >= 11 is 0. The maximum atomic E-state index is 6.03. The van der Waals surface area contributed by atoms with E-state index in [9.17, 15) is 0 Å². The lowest BCUT2D eigenvalue weighted by Crippen LogP contribution is -2.31. The van der Waals surface area contributed by atoms with Gasteiger partial charge in [-0.1, -0.05) is 19.3 Å². The van der Waals surface area contributed by atoms with Gasteiger partial charge in [0.05, 0.1) is 35.4 Å². The summed E-state index contributed by atoms with van der Waals surface area (Å²) in [5.41, 5.74) is 6.38. The first-order valence-corrected chi connectivity index (χ1v) is 9.70. The summed E-state index contributed by atoms with van der Waals surface area (Å²) in [6.07, 6.45) is 14.7. The van der Waals surface area contributed by atoms with Crippen molar-refractivity contribution in [3.8, 4) is 0 Å². The molecule has 0 saturated heterocycles. The highest BCUT2D eigenvalue weighted by molar-refractivity contribution is 5.97. The Labute approximate surface area is 162 Å². The van der Waals surface area contributed by atoms with Crippen LogP contribution < -0.4 is 10.8 Å². The van der Waals surface area contributed by atoms with Crippen LogP contribution in [0.25, 0.3) is 16.7 Å². The summed E-state index contributed by atoms with van der Waals surface area (Å²) in [5.74, 6) is 0.424. The van der Waals surface area contributed by atoms with Crippen molar-refractivity contribution in [1.82, 2.24) is 35.4 Å². The third-order valence-electron chi connectivity index (χ3n) is 5.45. The van der Waals surface area contributed by atoms with Crippen LogP contribution in [0.3, 0.4) is 0 Å². The Morgan fingerprint density at radius 3 is 2.86 bits per heavy atom. The zero-order valence-electron chi connectivity index (χ0n) is 15.7. The molecule has 3 aromatic heterocycles. The van der Waals surface area contributed by atoms with E-state index >= 15 is 0 Å². The van der Waals surface area contributed by atoms with Crippen molar-refractivity contribution in [2.24, 2.45) is 0 Å². The molecule has 9 nitrogen and oxygen atoms in total. The normalized spacial score (nSPS) is 18.2. The first-order valence-electron chi connectivity index (χ1n) is 9.70. The molecular formula is C19H22N8O. The maximum absolute atomic E-state index is 6.03. The maximum Gasteiger partial charge on any atom is 0.247 e. The van der Waals surface area contributed by atoms with E-state index in [2.05, 4.69) is 42.1 Å². The lowest BCUT2D eigenvalue weighted by Gasteiger charge is -2.29. The second-order valence-corrected chi connectivity index (χ2v) is 7.22. The van der Waals surface area contributed by atoms with Crippen molar-refractivity contribution in [2.75, 3.05) is 5.32 Å². The van der Waals surface area contributed by atoms with Crippen molar-refractivity contribution < 1.29 is 4.84 Å². The van der Waals surface area contributed by atoms with E-state index in [1.54, 1.807) is 12.4 Å². The number of rotatable bonds is 4. The Bertz CT molecular complexity index is 1020. The van der Waals surface area contributed by atoms with Crippen LogP contribution in [0.4, 0.5) is 11.6 Å². The molecular weight excluding hydrogens is 356 g/mol. The number of nitrogens with zero attached hydrogens (tertiary/aromatic N) is 6. The first-order chi connectivity index (χ1) is 13.8. The Morgan fingerprint density at radius 2 is 2.07 bits per heavy atom. The van der Waals surface area contributed by atoms with Crippen molar-refractivity contribution in [1.29, 1.82) is 0 Å². The van der Waals surface area contributed by atoms with Crippen LogP contribution in [-0.2, 0) is 11.4 Å². The molecule has 4 heterocycles. The second-order valence-electron chi connectivity index (χ2n) is 7.22. The van der Waals surface area contributed by atoms with Crippen molar-refractivity contribution >= 4 is 28.4 Å². The van der Waals surface area contributed by atoms with Crippen LogP contribution in [0, 0.1) is 0 Å². The fourth-order valence-corrected chi connectivity index (χ4v) is 4.02. The largest absolute Gasteiger partial charge is 0.321 e. The number of aromatic nitrogens is 6. The van der Waals surface area contributed by atoms with Crippen molar-refractivity contribution in [3.05, 3.63) is 36.4 Å². The van der Waals surface area contributed by atoms with Gasteiger partial charge in [-0.15, -0.1) is 5.10 Å². The fraction of sp³-hybridized carbons (Fsp3) is 0.421. The van der Waals surface area contributed by atoms with E-state index < -0.39 is 0 Å². The molecule has 0 aromatic carbocycles. The summed E-state index contributed by atoms with van der Waals surface area (Å²) in [4.78, 5) is 14.9. The summed E-state index contributed by atoms with van der Waals surface area (Å²) in [7, 11) is 0. The number of hydrogen-bond donors (Lipinski definition) is 2. The van der Waals surface area contributed by atoms with E-state index in [0.29, 0.717) is 5.95 Å². The number of aryl methyl sites for hydroxylation is 1. The molecule has 1 saturated carbocycles. The molecule has 1 aliphatic carbocycles. The number of pyridine rings is 1. The van der Waals surface area contributed by atoms with Crippen LogP contribution in [0.2, 0.25) is 0 Å². The van der Waals surface area contributed by atoms with Gasteiger partial charge < -0.3 is 5.32 Å². The molecule has 0 radical (unpaired) electrons. The molecule has 5 rings (SSSR count). The zero-order chi connectivity index (χ0) is 19.0. The van der Waals surface area contributed by atoms with Crippen LogP contribution in [-0.4, -0.2) is 35.5 Å². The molecule has 1 spiro atoms. The Morgan fingerprint density at radius 1 is 1.18 bits per heavy atom. The summed E-state index contributed by atoms with van der Waals surface area (Å²) in [6.45, 7) is 2.78. The standard InChI is InChI=1S/C19H22N8O/c1-2-27-17-14(12-23-27)16(24-18-20-8-9-22-25-18)13(11-21-17)15-10-19(28-26-15)6-4-3-5-7-19/h8-12,26H,2-7H2,1H3,(H,20,21,24,25). The van der Waals surface area contributed by atoms with E-state index in [0.717, 1.165) is 47.4 Å². The zero-order valence-corrected chi connectivity index (χ0v) is 15.7. The third kappa shape index (κ3) is 2.88. The smallest absolute Gasteiger partial charge is 0.247 e. The van der Waals surface area contributed by atoms with Crippen LogP contribution in [0.5, 0.6) is 0 Å². The van der Waals surface area contributed by atoms with Gasteiger partial charge >= 0.3 is 0 Å². The number of anilines is 2. The van der Waals surface area contributed by atoms with Gasteiger partial charge in [0.15, 0.2) is 5.65 Å². The highest BCUT2D eigenvalue weighted by atomic mass is 16.7. The summed E-state index contributed by atoms with van der Waals surface area (Å²) < 4.78 is 1.87. The molecule has 0 unspecified atom stereocenters. The van der Waals surface area contributed by atoms with Crippen LogP contribution in [0.15, 0.2) is 30.9 Å². The fourth-order valence-electron chi connectivity index (χ4n) is 4.02. The Balaban J connectivity index is 1.62. The monoisotopic (exact) mass is 378 g/mol. The molecule has 3 aromatic rings. The molecule has 1 aliphatic heterocycles. The average Bonchev–Trinajstić information content (AvgIpc) is 3.34. The van der Waals surface area contributed by atoms with Gasteiger partial charge in [-0.3, -0.25) is 10.3 Å². The van der Waals surface area contributed by atoms with Crippen LogP contribution >= 0.6 is 0 Å². The molecule has 0 atom stereocenters. The molecule has 1 fully saturated rings. The topological polar surface area (TPSA) is 103 Å². The first kappa shape index (κ1) is 17.1. The lowest BCUT2D eigenvalue weighted by molar-refractivity contribution is -0.0557. The predicted octanol–water partition coefficient (Wildman–Crippen LogP) is 2.96. The third-order valence-corrected chi connectivity index (χ3v) is 5.45. The summed E-state index contributed by atoms with van der Waals surface area (Å²) in [5, 5.41) is 16.6. The minimum Gasteiger partial charge on any atom is -0.321 e. The quantitative estimate of drug-likeness (QED) is 0.714. The Hall–Kier alpha value is -3.07. The molecule has 9 heteroatoms. The molecule has 28 heavy (non-hydrogen) atoms. The van der Waals surface area contributed by atoms with Gasteiger partial charge in [0.1, 0.15) is 5.60 Å². The minimum atomic E-state index is -0.224. The SMILES string of the molecule is CCn1ncc2c(Nc3nccnn3)c(C3=CC4(CCCCC4)ON3)cnc21. The predicted molar refractivity (Wildman–Crippen MR) is 104 cm³/mol. The minimum absolute atomic E-state index is 0.224. The van der Waals surface area contributed by atoms with Gasteiger partial charge in [-0.2, -0.15) is 10.2 Å². The highest BCUT2D eigenvalue weighted by Crippen LogP contribution is 2.40. The van der Waals surface area contributed by atoms with Crippen molar-refractivity contribution in [3.63, 3.8) is 0 Å². The van der Waals surface area contributed by atoms with Gasteiger partial charge in [-0.05, 0) is 25.8 Å². The highest BCUT2D eigenvalue weighted by Gasteiger charge is 2.37. The molecule has 0 amide bonds. The molecule has 2 aliphatic rings. The van der Waals surface area contributed by atoms with Crippen LogP contribution in [0.1, 0.15) is 44.6 Å². The van der Waals surface area contributed by atoms with E-state index in [1.807, 2.05) is 24.0 Å². The number of nitrogens with one attached hydrogen (secondary N) is 2. The van der Waals surface area contributed by atoms with E-state index in [4.69, 9.17) is 4.84 Å². The average molecular weight is 378 g/mol. The van der Waals surface area contributed by atoms with E-state index in [-0.39, 0.29) is 5.60 Å². The van der Waals surface area contributed by atoms with E-state index in [1.165, 1.54) is 19.3 Å². The van der Waals surface area contributed by atoms with Gasteiger partial charge in [0, 0.05) is 18.3 Å². The van der Waals surface area contributed by atoms with Gasteiger partial charge in [0.2, 0.25) is 5.95 Å². The summed E-state index contributed by atoms with van der Waals surface area (Å²) in [6, 6.07) is 0. The Kier molecular flexibility index (Phi) is 4.16. The molecule has 0 bridgehead atoms. The van der Waals surface area contributed by atoms with Gasteiger partial charge in [0.25, 0.3) is 0 Å². The number of fused-ring (bicyclic) bond motifs is 1. The molecule has 144 valence electrons.